The molecule has 0 aliphatic rings. The number of hydrogen-bond acceptors (Lipinski definition) is 4. The van der Waals surface area contributed by atoms with E-state index in [1.54, 1.807) is 30.1 Å². The van der Waals surface area contributed by atoms with Crippen LogP contribution in [0.2, 0.25) is 0 Å². The SMILES string of the molecule is Cl.O=S(=O)(NCCSc1cccc2nccn12)c1ccc2ccccc2c1. The van der Waals surface area contributed by atoms with Crippen LogP contribution in [0, 0.1) is 0 Å². The molecule has 0 amide bonds. The minimum absolute atomic E-state index is 0. The molecule has 2 aromatic carbocycles. The predicted molar refractivity (Wildman–Crippen MR) is 112 cm³/mol. The molecule has 5 nitrogen and oxygen atoms in total. The van der Waals surface area contributed by atoms with Crippen LogP contribution in [0.5, 0.6) is 0 Å². The maximum absolute atomic E-state index is 12.5. The van der Waals surface area contributed by atoms with Crippen LogP contribution in [-0.2, 0) is 10.0 Å². The van der Waals surface area contributed by atoms with Crippen molar-refractivity contribution in [1.29, 1.82) is 0 Å². The number of aromatic nitrogens is 2. The third-order valence-electron chi connectivity index (χ3n) is 4.07. The molecular weight excluding hydrogens is 402 g/mol. The van der Waals surface area contributed by atoms with Gasteiger partial charge in [-0.25, -0.2) is 18.1 Å². The van der Waals surface area contributed by atoms with Crippen molar-refractivity contribution in [2.24, 2.45) is 0 Å². The lowest BCUT2D eigenvalue weighted by molar-refractivity contribution is 0.584. The summed E-state index contributed by atoms with van der Waals surface area (Å²) in [5.41, 5.74) is 0.881. The van der Waals surface area contributed by atoms with Crippen LogP contribution in [0.3, 0.4) is 0 Å². The molecule has 0 fully saturated rings. The molecule has 0 saturated carbocycles. The van der Waals surface area contributed by atoms with Crippen LogP contribution in [0.4, 0.5) is 0 Å². The number of hydrogen-bond donors (Lipinski definition) is 1. The highest BCUT2D eigenvalue weighted by Crippen LogP contribution is 2.20. The van der Waals surface area contributed by atoms with Gasteiger partial charge in [0.05, 0.1) is 9.92 Å². The number of thioether (sulfide) groups is 1. The lowest BCUT2D eigenvalue weighted by Crippen LogP contribution is -2.26. The Morgan fingerprint density at radius 1 is 1.00 bits per heavy atom. The molecule has 140 valence electrons. The molecule has 0 bridgehead atoms. The van der Waals surface area contributed by atoms with Crippen molar-refractivity contribution in [3.63, 3.8) is 0 Å². The van der Waals surface area contributed by atoms with Crippen LogP contribution < -0.4 is 4.72 Å². The molecule has 27 heavy (non-hydrogen) atoms. The van der Waals surface area contributed by atoms with E-state index in [0.717, 1.165) is 21.4 Å². The molecule has 0 unspecified atom stereocenters. The third-order valence-corrected chi connectivity index (χ3v) is 6.56. The fourth-order valence-electron chi connectivity index (χ4n) is 2.79. The number of halogens is 1. The van der Waals surface area contributed by atoms with E-state index in [2.05, 4.69) is 9.71 Å². The first-order chi connectivity index (χ1) is 12.6. The standard InChI is InChI=1S/C19H17N3O2S2.ClH/c23-26(24,17-9-8-15-4-1-2-5-16(15)14-17)21-11-13-25-19-7-3-6-18-20-10-12-22(18)19;/h1-10,12,14,21H,11,13H2;1H. The van der Waals surface area contributed by atoms with Gasteiger partial charge in [0.2, 0.25) is 10.0 Å². The van der Waals surface area contributed by atoms with E-state index in [1.807, 2.05) is 59.1 Å². The normalized spacial score (nSPS) is 11.6. The zero-order chi connectivity index (χ0) is 18.0. The topological polar surface area (TPSA) is 63.5 Å². The summed E-state index contributed by atoms with van der Waals surface area (Å²) < 4.78 is 29.7. The summed E-state index contributed by atoms with van der Waals surface area (Å²) in [5, 5.41) is 2.97. The van der Waals surface area contributed by atoms with Gasteiger partial charge in [-0.2, -0.15) is 0 Å². The molecule has 0 radical (unpaired) electrons. The van der Waals surface area contributed by atoms with Gasteiger partial charge in [-0.15, -0.1) is 24.2 Å². The number of pyridine rings is 1. The summed E-state index contributed by atoms with van der Waals surface area (Å²) in [6, 6.07) is 18.8. The number of nitrogens with zero attached hydrogens (tertiary/aromatic N) is 2. The van der Waals surface area contributed by atoms with E-state index in [0.29, 0.717) is 12.3 Å². The first-order valence-corrected chi connectivity index (χ1v) is 10.6. The van der Waals surface area contributed by atoms with Crippen molar-refractivity contribution in [1.82, 2.24) is 14.1 Å². The van der Waals surface area contributed by atoms with Crippen molar-refractivity contribution < 1.29 is 8.42 Å². The molecule has 0 aliphatic heterocycles. The Bertz CT molecular complexity index is 1180. The van der Waals surface area contributed by atoms with E-state index in [4.69, 9.17) is 0 Å². The molecule has 4 aromatic rings. The van der Waals surface area contributed by atoms with Gasteiger partial charge in [0.1, 0.15) is 5.65 Å². The monoisotopic (exact) mass is 419 g/mol. The van der Waals surface area contributed by atoms with E-state index in [1.165, 1.54) is 0 Å². The van der Waals surface area contributed by atoms with Gasteiger partial charge in [0, 0.05) is 24.7 Å². The number of fused-ring (bicyclic) bond motifs is 2. The van der Waals surface area contributed by atoms with Crippen molar-refractivity contribution >= 4 is 50.6 Å². The Hall–Kier alpha value is -2.06. The molecule has 0 aliphatic carbocycles. The fourth-order valence-corrected chi connectivity index (χ4v) is 4.87. The Labute approximate surface area is 168 Å². The summed E-state index contributed by atoms with van der Waals surface area (Å²) in [5.74, 6) is 0.629. The Morgan fingerprint density at radius 2 is 1.81 bits per heavy atom. The second kappa shape index (κ2) is 8.31. The predicted octanol–water partition coefficient (Wildman–Crippen LogP) is 3.98. The van der Waals surface area contributed by atoms with Crippen LogP contribution in [-0.4, -0.2) is 30.1 Å². The van der Waals surface area contributed by atoms with E-state index >= 15 is 0 Å². The lowest BCUT2D eigenvalue weighted by Gasteiger charge is -2.08. The summed E-state index contributed by atoms with van der Waals surface area (Å²) in [6.07, 6.45) is 3.65. The lowest BCUT2D eigenvalue weighted by atomic mass is 10.1. The third kappa shape index (κ3) is 4.27. The first kappa shape index (κ1) is 19.7. The highest BCUT2D eigenvalue weighted by Gasteiger charge is 2.14. The zero-order valence-corrected chi connectivity index (χ0v) is 16.7. The fraction of sp³-hybridized carbons (Fsp3) is 0.105. The maximum Gasteiger partial charge on any atom is 0.240 e. The molecule has 1 N–H and O–H groups in total. The van der Waals surface area contributed by atoms with Gasteiger partial charge >= 0.3 is 0 Å². The van der Waals surface area contributed by atoms with E-state index < -0.39 is 10.0 Å². The number of rotatable bonds is 6. The number of imidazole rings is 1. The largest absolute Gasteiger partial charge is 0.294 e. The maximum atomic E-state index is 12.5. The van der Waals surface area contributed by atoms with Crippen LogP contribution >= 0.6 is 24.2 Å². The Balaban J connectivity index is 0.00000210. The van der Waals surface area contributed by atoms with Crippen molar-refractivity contribution in [3.8, 4) is 0 Å². The molecule has 2 heterocycles. The zero-order valence-electron chi connectivity index (χ0n) is 14.3. The van der Waals surface area contributed by atoms with E-state index in [9.17, 15) is 8.42 Å². The second-order valence-corrected chi connectivity index (χ2v) is 8.66. The van der Waals surface area contributed by atoms with Crippen LogP contribution in [0.1, 0.15) is 0 Å². The smallest absolute Gasteiger partial charge is 0.240 e. The summed E-state index contributed by atoms with van der Waals surface area (Å²) in [4.78, 5) is 4.54. The molecule has 0 saturated heterocycles. The minimum atomic E-state index is -3.52. The van der Waals surface area contributed by atoms with Crippen LogP contribution in [0.15, 0.2) is 83.0 Å². The number of sulfonamides is 1. The summed E-state index contributed by atoms with van der Waals surface area (Å²) in [7, 11) is -3.52. The summed E-state index contributed by atoms with van der Waals surface area (Å²) >= 11 is 1.59. The van der Waals surface area contributed by atoms with Crippen molar-refractivity contribution in [2.75, 3.05) is 12.3 Å². The molecule has 8 heteroatoms. The van der Waals surface area contributed by atoms with Crippen molar-refractivity contribution in [2.45, 2.75) is 9.92 Å². The second-order valence-electron chi connectivity index (χ2n) is 5.77. The number of nitrogens with one attached hydrogen (secondary N) is 1. The minimum Gasteiger partial charge on any atom is -0.294 e. The van der Waals surface area contributed by atoms with Crippen molar-refractivity contribution in [3.05, 3.63) is 73.1 Å². The quantitative estimate of drug-likeness (QED) is 0.379. The van der Waals surface area contributed by atoms with Gasteiger partial charge in [-0.05, 0) is 35.0 Å². The van der Waals surface area contributed by atoms with Crippen LogP contribution in [0.25, 0.3) is 16.4 Å². The molecule has 0 spiro atoms. The van der Waals surface area contributed by atoms with Gasteiger partial charge in [-0.3, -0.25) is 4.40 Å². The molecule has 4 rings (SSSR count). The average Bonchev–Trinajstić information content (AvgIpc) is 3.14. The Morgan fingerprint density at radius 3 is 2.67 bits per heavy atom. The summed E-state index contributed by atoms with van der Waals surface area (Å²) in [6.45, 7) is 0.352. The first-order valence-electron chi connectivity index (χ1n) is 8.17. The van der Waals surface area contributed by atoms with Gasteiger partial charge in [0.25, 0.3) is 0 Å². The average molecular weight is 420 g/mol. The Kier molecular flexibility index (Phi) is 6.06. The van der Waals surface area contributed by atoms with Gasteiger partial charge in [0.15, 0.2) is 0 Å². The van der Waals surface area contributed by atoms with Gasteiger partial charge in [-0.1, -0.05) is 36.4 Å². The van der Waals surface area contributed by atoms with E-state index in [-0.39, 0.29) is 17.3 Å². The van der Waals surface area contributed by atoms with Gasteiger partial charge < -0.3 is 0 Å². The highest BCUT2D eigenvalue weighted by atomic mass is 35.5. The molecular formula is C19H18ClN3O2S2. The highest BCUT2D eigenvalue weighted by molar-refractivity contribution is 7.99. The molecule has 2 aromatic heterocycles. The molecule has 0 atom stereocenters. The number of benzene rings is 2.